The summed E-state index contributed by atoms with van der Waals surface area (Å²) < 4.78 is 48.0. The van der Waals surface area contributed by atoms with E-state index in [0.29, 0.717) is 11.3 Å². The molecule has 0 aliphatic carbocycles. The Morgan fingerprint density at radius 2 is 2.07 bits per heavy atom. The van der Waals surface area contributed by atoms with E-state index in [1.807, 2.05) is 0 Å². The van der Waals surface area contributed by atoms with Crippen molar-refractivity contribution < 1.29 is 22.4 Å². The number of rotatable bonds is 4. The number of carbonyl (C=O) groups excluding carboxylic acids is 1. The van der Waals surface area contributed by atoms with E-state index < -0.39 is 24.2 Å². The van der Waals surface area contributed by atoms with Crippen LogP contribution in [0.15, 0.2) is 57.7 Å². The van der Waals surface area contributed by atoms with Crippen LogP contribution in [-0.2, 0) is 6.54 Å². The molecule has 1 amide bonds. The number of benzene rings is 1. The maximum Gasteiger partial charge on any atom is 0.410 e. The molecule has 3 aromatic rings. The highest BCUT2D eigenvalue weighted by molar-refractivity contribution is 9.10. The maximum atomic E-state index is 13.7. The summed E-state index contributed by atoms with van der Waals surface area (Å²) in [6.07, 6.45) is -2.10. The summed E-state index contributed by atoms with van der Waals surface area (Å²) in [5.41, 5.74) is 0.740. The van der Waals surface area contributed by atoms with Gasteiger partial charge in [0.15, 0.2) is 6.04 Å². The first-order valence-electron chi connectivity index (χ1n) is 8.79. The SMILES string of the molecule is O=C(NCc1ccco1)c1cnn2c1N[C@@H](c1ccc(Br)cc1)C[C@@H]2C(F)(F)F. The van der Waals surface area contributed by atoms with Crippen molar-refractivity contribution in [1.82, 2.24) is 15.1 Å². The highest BCUT2D eigenvalue weighted by Gasteiger charge is 2.47. The lowest BCUT2D eigenvalue weighted by Crippen LogP contribution is -2.36. The van der Waals surface area contributed by atoms with E-state index in [9.17, 15) is 18.0 Å². The monoisotopic (exact) mass is 468 g/mol. The number of carbonyl (C=O) groups is 1. The van der Waals surface area contributed by atoms with Gasteiger partial charge in [0.05, 0.1) is 25.0 Å². The Labute approximate surface area is 172 Å². The number of nitrogens with one attached hydrogen (secondary N) is 2. The van der Waals surface area contributed by atoms with Crippen LogP contribution in [0, 0.1) is 0 Å². The fourth-order valence-corrected chi connectivity index (χ4v) is 3.58. The van der Waals surface area contributed by atoms with Crippen LogP contribution in [-0.4, -0.2) is 21.9 Å². The number of hydrogen-bond donors (Lipinski definition) is 2. The van der Waals surface area contributed by atoms with Crippen LogP contribution in [0.25, 0.3) is 0 Å². The molecule has 2 N–H and O–H groups in total. The quantitative estimate of drug-likeness (QED) is 0.575. The highest BCUT2D eigenvalue weighted by atomic mass is 79.9. The minimum absolute atomic E-state index is 0.0449. The topological polar surface area (TPSA) is 72.1 Å². The molecule has 0 spiro atoms. The van der Waals surface area contributed by atoms with E-state index in [4.69, 9.17) is 4.42 Å². The minimum Gasteiger partial charge on any atom is -0.467 e. The summed E-state index contributed by atoms with van der Waals surface area (Å²) in [4.78, 5) is 12.6. The largest absolute Gasteiger partial charge is 0.467 e. The predicted octanol–water partition coefficient (Wildman–Crippen LogP) is 4.83. The van der Waals surface area contributed by atoms with Crippen molar-refractivity contribution >= 4 is 27.7 Å². The number of amides is 1. The third kappa shape index (κ3) is 4.02. The Bertz CT molecular complexity index is 1000. The van der Waals surface area contributed by atoms with Crippen molar-refractivity contribution in [3.8, 4) is 0 Å². The fraction of sp³-hybridized carbons (Fsp3) is 0.263. The molecule has 0 bridgehead atoms. The van der Waals surface area contributed by atoms with Gasteiger partial charge in [0, 0.05) is 10.9 Å². The molecule has 1 aromatic carbocycles. The van der Waals surface area contributed by atoms with Gasteiger partial charge in [0.25, 0.3) is 5.91 Å². The van der Waals surface area contributed by atoms with Crippen molar-refractivity contribution in [2.45, 2.75) is 31.2 Å². The maximum absolute atomic E-state index is 13.7. The Morgan fingerprint density at radius 3 is 2.72 bits per heavy atom. The number of halogens is 4. The zero-order valence-corrected chi connectivity index (χ0v) is 16.5. The van der Waals surface area contributed by atoms with E-state index in [-0.39, 0.29) is 24.3 Å². The average Bonchev–Trinajstić information content (AvgIpc) is 3.35. The molecule has 2 aromatic heterocycles. The van der Waals surface area contributed by atoms with Gasteiger partial charge in [0.2, 0.25) is 0 Å². The summed E-state index contributed by atoms with van der Waals surface area (Å²) in [5, 5.41) is 9.55. The number of fused-ring (bicyclic) bond motifs is 1. The smallest absolute Gasteiger partial charge is 0.410 e. The molecular formula is C19H16BrF3N4O2. The van der Waals surface area contributed by atoms with Crippen LogP contribution in [0.5, 0.6) is 0 Å². The Morgan fingerprint density at radius 1 is 1.31 bits per heavy atom. The summed E-state index contributed by atoms with van der Waals surface area (Å²) in [5.74, 6) is 0.0456. The van der Waals surface area contributed by atoms with Crippen LogP contribution in [0.1, 0.15) is 40.2 Å². The molecule has 1 aliphatic rings. The molecule has 2 atom stereocenters. The van der Waals surface area contributed by atoms with Crippen LogP contribution < -0.4 is 10.6 Å². The summed E-state index contributed by atoms with van der Waals surface area (Å²) in [6.45, 7) is 0.120. The molecule has 6 nitrogen and oxygen atoms in total. The van der Waals surface area contributed by atoms with Crippen molar-refractivity contribution in [3.63, 3.8) is 0 Å². The van der Waals surface area contributed by atoms with Gasteiger partial charge in [-0.3, -0.25) is 4.79 Å². The summed E-state index contributed by atoms with van der Waals surface area (Å²) in [7, 11) is 0. The van der Waals surface area contributed by atoms with Crippen molar-refractivity contribution in [3.05, 3.63) is 70.2 Å². The zero-order chi connectivity index (χ0) is 20.6. The molecule has 0 saturated carbocycles. The van der Waals surface area contributed by atoms with Gasteiger partial charge >= 0.3 is 6.18 Å². The molecule has 1 aliphatic heterocycles. The van der Waals surface area contributed by atoms with Gasteiger partial charge in [-0.05, 0) is 29.8 Å². The second kappa shape index (κ2) is 7.58. The molecule has 3 heterocycles. The lowest BCUT2D eigenvalue weighted by atomic mass is 9.96. The lowest BCUT2D eigenvalue weighted by Gasteiger charge is -2.34. The number of nitrogens with zero attached hydrogens (tertiary/aromatic N) is 2. The lowest BCUT2D eigenvalue weighted by molar-refractivity contribution is -0.173. The number of alkyl halides is 3. The summed E-state index contributed by atoms with van der Waals surface area (Å²) >= 11 is 3.32. The Kier molecular flexibility index (Phi) is 5.12. The zero-order valence-electron chi connectivity index (χ0n) is 14.9. The van der Waals surface area contributed by atoms with Crippen molar-refractivity contribution in [2.75, 3.05) is 5.32 Å². The molecular weight excluding hydrogens is 453 g/mol. The van der Waals surface area contributed by atoms with E-state index in [1.54, 1.807) is 36.4 Å². The van der Waals surface area contributed by atoms with Crippen LogP contribution >= 0.6 is 15.9 Å². The molecule has 152 valence electrons. The third-order valence-electron chi connectivity index (χ3n) is 4.76. The van der Waals surface area contributed by atoms with Crippen LogP contribution in [0.2, 0.25) is 0 Å². The van der Waals surface area contributed by atoms with E-state index >= 15 is 0 Å². The van der Waals surface area contributed by atoms with Gasteiger partial charge in [-0.2, -0.15) is 18.3 Å². The van der Waals surface area contributed by atoms with Gasteiger partial charge in [-0.1, -0.05) is 28.1 Å². The predicted molar refractivity (Wildman–Crippen MR) is 102 cm³/mol. The number of hydrogen-bond acceptors (Lipinski definition) is 4. The normalized spacial score (nSPS) is 18.8. The molecule has 4 rings (SSSR count). The molecule has 0 saturated heterocycles. The molecule has 0 fully saturated rings. The van der Waals surface area contributed by atoms with Crippen molar-refractivity contribution in [2.24, 2.45) is 0 Å². The molecule has 0 unspecified atom stereocenters. The van der Waals surface area contributed by atoms with Gasteiger partial charge in [0.1, 0.15) is 17.1 Å². The Hall–Kier alpha value is -2.75. The number of anilines is 1. The van der Waals surface area contributed by atoms with E-state index in [1.165, 1.54) is 6.26 Å². The first kappa shape index (κ1) is 19.6. The highest BCUT2D eigenvalue weighted by Crippen LogP contribution is 2.44. The van der Waals surface area contributed by atoms with Crippen LogP contribution in [0.4, 0.5) is 19.0 Å². The van der Waals surface area contributed by atoms with Crippen molar-refractivity contribution in [1.29, 1.82) is 0 Å². The second-order valence-corrected chi connectivity index (χ2v) is 7.57. The molecule has 0 radical (unpaired) electrons. The average molecular weight is 469 g/mol. The standard InChI is InChI=1S/C19H16BrF3N4O2/c20-12-5-3-11(4-6-12)15-8-16(19(21,22)23)27-17(26-15)14(10-25-27)18(28)24-9-13-2-1-7-29-13/h1-7,10,15-16,26H,8-9H2,(H,24,28)/t15-,16-/m1/s1. The van der Waals surface area contributed by atoms with E-state index in [0.717, 1.165) is 15.4 Å². The Balaban J connectivity index is 1.64. The third-order valence-corrected chi connectivity index (χ3v) is 5.29. The van der Waals surface area contributed by atoms with E-state index in [2.05, 4.69) is 31.7 Å². The minimum atomic E-state index is -4.50. The first-order valence-corrected chi connectivity index (χ1v) is 9.59. The van der Waals surface area contributed by atoms with Crippen LogP contribution in [0.3, 0.4) is 0 Å². The van der Waals surface area contributed by atoms with Gasteiger partial charge in [-0.15, -0.1) is 0 Å². The fourth-order valence-electron chi connectivity index (χ4n) is 3.32. The summed E-state index contributed by atoms with van der Waals surface area (Å²) in [6, 6.07) is 7.95. The number of aromatic nitrogens is 2. The van der Waals surface area contributed by atoms with Gasteiger partial charge in [-0.25, -0.2) is 4.68 Å². The van der Waals surface area contributed by atoms with Gasteiger partial charge < -0.3 is 15.1 Å². The second-order valence-electron chi connectivity index (χ2n) is 6.66. The number of furan rings is 1. The molecule has 10 heteroatoms. The first-order chi connectivity index (χ1) is 13.8. The molecule has 29 heavy (non-hydrogen) atoms.